The molecule has 2 heterocycles. The Labute approximate surface area is 132 Å². The molecule has 0 aliphatic rings. The number of nitrogens with one attached hydrogen (secondary N) is 1. The number of nitrogens with zero attached hydrogens (tertiary/aromatic N) is 1. The molecule has 0 spiro atoms. The van der Waals surface area contributed by atoms with Crippen LogP contribution in [-0.4, -0.2) is 13.6 Å². The number of halogens is 1. The van der Waals surface area contributed by atoms with E-state index in [0.29, 0.717) is 11.5 Å². The van der Waals surface area contributed by atoms with Gasteiger partial charge in [-0.05, 0) is 38.1 Å². The highest BCUT2D eigenvalue weighted by molar-refractivity contribution is 7.92. The summed E-state index contributed by atoms with van der Waals surface area (Å²) in [6, 6.07) is 8.20. The molecule has 0 aliphatic carbocycles. The number of para-hydroxylation sites is 1. The molecule has 0 radical (unpaired) electrons. The Morgan fingerprint density at radius 3 is 2.52 bits per heavy atom. The average Bonchev–Trinajstić information content (AvgIpc) is 3.10. The van der Waals surface area contributed by atoms with Crippen molar-refractivity contribution in [3.05, 3.63) is 53.5 Å². The lowest BCUT2D eigenvalue weighted by atomic mass is 10.2. The van der Waals surface area contributed by atoms with Crippen molar-refractivity contribution in [2.45, 2.75) is 18.9 Å². The molecule has 0 atom stereocenters. The molecule has 6 nitrogen and oxygen atoms in total. The minimum absolute atomic E-state index is 0.155. The van der Waals surface area contributed by atoms with Gasteiger partial charge < -0.3 is 8.94 Å². The van der Waals surface area contributed by atoms with Gasteiger partial charge in [0.2, 0.25) is 10.9 Å². The lowest BCUT2D eigenvalue weighted by Crippen LogP contribution is -2.13. The van der Waals surface area contributed by atoms with E-state index in [2.05, 4.69) is 9.88 Å². The number of furan rings is 1. The molecule has 120 valence electrons. The van der Waals surface area contributed by atoms with Gasteiger partial charge in [-0.1, -0.05) is 17.3 Å². The summed E-state index contributed by atoms with van der Waals surface area (Å²) in [5, 5.41) is 3.45. The highest BCUT2D eigenvalue weighted by atomic mass is 32.2. The molecule has 2 aromatic heterocycles. The van der Waals surface area contributed by atoms with Crippen LogP contribution < -0.4 is 4.72 Å². The molecule has 1 N–H and O–H groups in total. The molecule has 0 bridgehead atoms. The Morgan fingerprint density at radius 1 is 1.13 bits per heavy atom. The first kappa shape index (κ1) is 15.3. The second-order valence-electron chi connectivity index (χ2n) is 4.93. The molecule has 3 aromatic rings. The van der Waals surface area contributed by atoms with Crippen LogP contribution in [0.25, 0.3) is 11.5 Å². The molecule has 0 aliphatic heterocycles. The molecule has 0 amide bonds. The number of rotatable bonds is 4. The van der Waals surface area contributed by atoms with Crippen molar-refractivity contribution in [2.24, 2.45) is 0 Å². The number of anilines is 1. The normalized spacial score (nSPS) is 11.6. The van der Waals surface area contributed by atoms with Crippen LogP contribution in [0, 0.1) is 19.7 Å². The maximum absolute atomic E-state index is 13.6. The number of aromatic nitrogens is 1. The Hall–Kier alpha value is -2.61. The first-order valence-electron chi connectivity index (χ1n) is 6.69. The van der Waals surface area contributed by atoms with Gasteiger partial charge in [-0.2, -0.15) is 8.42 Å². The fraction of sp³-hybridized carbons (Fsp3) is 0.133. The summed E-state index contributed by atoms with van der Waals surface area (Å²) >= 11 is 0. The van der Waals surface area contributed by atoms with Gasteiger partial charge in [0.1, 0.15) is 5.82 Å². The molecule has 1 aromatic carbocycles. The average molecular weight is 336 g/mol. The second kappa shape index (κ2) is 5.54. The quantitative estimate of drug-likeness (QED) is 0.788. The van der Waals surface area contributed by atoms with Crippen molar-refractivity contribution in [3.63, 3.8) is 0 Å². The first-order valence-corrected chi connectivity index (χ1v) is 8.17. The first-order chi connectivity index (χ1) is 10.9. The Balaban J connectivity index is 1.93. The predicted octanol–water partition coefficient (Wildman–Crippen LogP) is 3.49. The monoisotopic (exact) mass is 336 g/mol. The smallest absolute Gasteiger partial charge is 0.295 e. The maximum Gasteiger partial charge on any atom is 0.295 e. The van der Waals surface area contributed by atoms with Crippen molar-refractivity contribution in [1.82, 2.24) is 5.16 Å². The van der Waals surface area contributed by atoms with Crippen LogP contribution in [0.1, 0.15) is 11.3 Å². The summed E-state index contributed by atoms with van der Waals surface area (Å²) in [5.74, 6) is -0.0867. The molecule has 23 heavy (non-hydrogen) atoms. The Bertz CT molecular complexity index is 960. The number of benzene rings is 1. The van der Waals surface area contributed by atoms with Gasteiger partial charge in [0, 0.05) is 5.56 Å². The molecule has 3 rings (SSSR count). The van der Waals surface area contributed by atoms with E-state index in [1.54, 1.807) is 13.8 Å². The molecule has 0 unspecified atom stereocenters. The standard InChI is InChI=1S/C15H13FN2O4S/c1-9-10(2)17-22-15(9)13-7-8-14(21-13)23(19,20)18-12-6-4-3-5-11(12)16/h3-8,18H,1-2H3. The van der Waals surface area contributed by atoms with Gasteiger partial charge >= 0.3 is 0 Å². The molecule has 0 saturated heterocycles. The SMILES string of the molecule is Cc1noc(-c2ccc(S(=O)(=O)Nc3ccccc3F)o2)c1C. The molecule has 8 heteroatoms. The molecular formula is C15H13FN2O4S. The lowest BCUT2D eigenvalue weighted by Gasteiger charge is -2.06. The van der Waals surface area contributed by atoms with E-state index in [4.69, 9.17) is 8.94 Å². The van der Waals surface area contributed by atoms with Gasteiger partial charge in [-0.25, -0.2) is 4.39 Å². The van der Waals surface area contributed by atoms with Crippen LogP contribution in [0.4, 0.5) is 10.1 Å². The van der Waals surface area contributed by atoms with Gasteiger partial charge in [0.05, 0.1) is 11.4 Å². The number of aryl methyl sites for hydroxylation is 1. The lowest BCUT2D eigenvalue weighted by molar-refractivity contribution is 0.398. The van der Waals surface area contributed by atoms with Crippen molar-refractivity contribution in [1.29, 1.82) is 0 Å². The summed E-state index contributed by atoms with van der Waals surface area (Å²) in [4.78, 5) is 0. The minimum Gasteiger partial charge on any atom is -0.439 e. The fourth-order valence-electron chi connectivity index (χ4n) is 1.97. The highest BCUT2D eigenvalue weighted by Gasteiger charge is 2.23. The van der Waals surface area contributed by atoms with Crippen LogP contribution in [0.5, 0.6) is 0 Å². The second-order valence-corrected chi connectivity index (χ2v) is 6.54. The third kappa shape index (κ3) is 2.85. The van der Waals surface area contributed by atoms with E-state index in [-0.39, 0.29) is 16.5 Å². The maximum atomic E-state index is 13.6. The number of sulfonamides is 1. The zero-order valence-electron chi connectivity index (χ0n) is 12.3. The summed E-state index contributed by atoms with van der Waals surface area (Å²) in [6.45, 7) is 3.55. The summed E-state index contributed by atoms with van der Waals surface area (Å²) < 4.78 is 50.7. The third-order valence-corrected chi connectivity index (χ3v) is 4.58. The van der Waals surface area contributed by atoms with Crippen LogP contribution in [-0.2, 0) is 10.0 Å². The summed E-state index contributed by atoms with van der Waals surface area (Å²) in [5.41, 5.74) is 1.28. The minimum atomic E-state index is -4.05. The summed E-state index contributed by atoms with van der Waals surface area (Å²) in [6.07, 6.45) is 0. The van der Waals surface area contributed by atoms with Gasteiger partial charge in [-0.15, -0.1) is 0 Å². The molecule has 0 saturated carbocycles. The van der Waals surface area contributed by atoms with Crippen molar-refractivity contribution >= 4 is 15.7 Å². The zero-order valence-corrected chi connectivity index (χ0v) is 13.1. The van der Waals surface area contributed by atoms with Crippen LogP contribution >= 0.6 is 0 Å². The summed E-state index contributed by atoms with van der Waals surface area (Å²) in [7, 11) is -4.05. The van der Waals surface area contributed by atoms with E-state index in [1.807, 2.05) is 0 Å². The fourth-order valence-corrected chi connectivity index (χ4v) is 2.97. The van der Waals surface area contributed by atoms with Gasteiger partial charge in [-0.3, -0.25) is 4.72 Å². The van der Waals surface area contributed by atoms with Gasteiger partial charge in [0.15, 0.2) is 5.76 Å². The van der Waals surface area contributed by atoms with Crippen molar-refractivity contribution in [3.8, 4) is 11.5 Å². The largest absolute Gasteiger partial charge is 0.439 e. The van der Waals surface area contributed by atoms with E-state index < -0.39 is 15.8 Å². The number of hydrogen-bond acceptors (Lipinski definition) is 5. The highest BCUT2D eigenvalue weighted by Crippen LogP contribution is 2.29. The van der Waals surface area contributed by atoms with Gasteiger partial charge in [0.25, 0.3) is 10.0 Å². The van der Waals surface area contributed by atoms with Crippen LogP contribution in [0.2, 0.25) is 0 Å². The van der Waals surface area contributed by atoms with Crippen LogP contribution in [0.3, 0.4) is 0 Å². The Morgan fingerprint density at radius 2 is 1.87 bits per heavy atom. The topological polar surface area (TPSA) is 85.3 Å². The van der Waals surface area contributed by atoms with E-state index >= 15 is 0 Å². The molecular weight excluding hydrogens is 323 g/mol. The van der Waals surface area contributed by atoms with E-state index in [0.717, 1.165) is 11.6 Å². The van der Waals surface area contributed by atoms with Crippen molar-refractivity contribution in [2.75, 3.05) is 4.72 Å². The van der Waals surface area contributed by atoms with E-state index in [9.17, 15) is 12.8 Å². The predicted molar refractivity (Wildman–Crippen MR) is 80.9 cm³/mol. The zero-order chi connectivity index (χ0) is 16.6. The van der Waals surface area contributed by atoms with Crippen LogP contribution in [0.15, 0.2) is 50.4 Å². The molecule has 0 fully saturated rings. The van der Waals surface area contributed by atoms with E-state index in [1.165, 1.54) is 30.3 Å². The number of hydrogen-bond donors (Lipinski definition) is 1. The van der Waals surface area contributed by atoms with Crippen molar-refractivity contribution < 1.29 is 21.7 Å². The third-order valence-electron chi connectivity index (χ3n) is 3.35. The Kier molecular flexibility index (Phi) is 3.69.